The lowest BCUT2D eigenvalue weighted by Gasteiger charge is -2.34. The third-order valence-electron chi connectivity index (χ3n) is 5.39. The van der Waals surface area contributed by atoms with E-state index < -0.39 is 0 Å². The highest BCUT2D eigenvalue weighted by molar-refractivity contribution is 7.22. The van der Waals surface area contributed by atoms with Gasteiger partial charge in [0.2, 0.25) is 0 Å². The van der Waals surface area contributed by atoms with Gasteiger partial charge in [-0.3, -0.25) is 4.79 Å². The number of carbonyl (C=O) groups excluding carboxylic acids is 1. The Labute approximate surface area is 164 Å². The lowest BCUT2D eigenvalue weighted by Crippen LogP contribution is -2.48. The van der Waals surface area contributed by atoms with Crippen molar-refractivity contribution in [2.75, 3.05) is 31.1 Å². The van der Waals surface area contributed by atoms with Gasteiger partial charge in [-0.1, -0.05) is 41.2 Å². The summed E-state index contributed by atoms with van der Waals surface area (Å²) in [4.78, 5) is 22.1. The molecule has 2 heterocycles. The van der Waals surface area contributed by atoms with Gasteiger partial charge in [-0.25, -0.2) is 4.98 Å². The summed E-state index contributed by atoms with van der Waals surface area (Å²) in [6.45, 7) is 11.4. The molecule has 0 aliphatic carbocycles. The molecule has 0 spiro atoms. The van der Waals surface area contributed by atoms with Crippen molar-refractivity contribution in [3.63, 3.8) is 0 Å². The van der Waals surface area contributed by atoms with Crippen LogP contribution in [0.15, 0.2) is 30.3 Å². The van der Waals surface area contributed by atoms with E-state index in [0.717, 1.165) is 53.5 Å². The van der Waals surface area contributed by atoms with E-state index >= 15 is 0 Å². The van der Waals surface area contributed by atoms with E-state index in [4.69, 9.17) is 4.98 Å². The first-order chi connectivity index (χ1) is 12.9. The monoisotopic (exact) mass is 379 g/mol. The zero-order chi connectivity index (χ0) is 19.1. The molecule has 3 aromatic rings. The van der Waals surface area contributed by atoms with Crippen LogP contribution in [0.2, 0.25) is 0 Å². The van der Waals surface area contributed by atoms with E-state index in [2.05, 4.69) is 36.9 Å². The largest absolute Gasteiger partial charge is 0.345 e. The van der Waals surface area contributed by atoms with Crippen molar-refractivity contribution in [1.82, 2.24) is 9.88 Å². The summed E-state index contributed by atoms with van der Waals surface area (Å²) in [6, 6.07) is 10.4. The van der Waals surface area contributed by atoms with Crippen LogP contribution in [-0.4, -0.2) is 42.0 Å². The van der Waals surface area contributed by atoms with Gasteiger partial charge >= 0.3 is 0 Å². The number of hydrogen-bond donors (Lipinski definition) is 0. The molecule has 0 N–H and O–H groups in total. The molecule has 1 amide bonds. The van der Waals surface area contributed by atoms with Gasteiger partial charge in [-0.05, 0) is 50.5 Å². The van der Waals surface area contributed by atoms with Crippen molar-refractivity contribution in [1.29, 1.82) is 0 Å². The predicted octanol–water partition coefficient (Wildman–Crippen LogP) is 4.49. The quantitative estimate of drug-likeness (QED) is 0.658. The van der Waals surface area contributed by atoms with Gasteiger partial charge in [0.05, 0.1) is 10.2 Å². The van der Waals surface area contributed by atoms with Gasteiger partial charge < -0.3 is 9.80 Å². The minimum atomic E-state index is 0.145. The maximum absolute atomic E-state index is 12.9. The second-order valence-electron chi connectivity index (χ2n) is 7.47. The van der Waals surface area contributed by atoms with Crippen molar-refractivity contribution in [3.05, 3.63) is 58.1 Å². The number of anilines is 1. The van der Waals surface area contributed by atoms with Crippen LogP contribution in [-0.2, 0) is 0 Å². The molecule has 0 radical (unpaired) electrons. The normalized spacial score (nSPS) is 14.8. The topological polar surface area (TPSA) is 36.4 Å². The van der Waals surface area contributed by atoms with Gasteiger partial charge in [-0.2, -0.15) is 0 Å². The summed E-state index contributed by atoms with van der Waals surface area (Å²) in [7, 11) is 0. The maximum atomic E-state index is 12.9. The zero-order valence-corrected chi connectivity index (χ0v) is 17.2. The molecule has 27 heavy (non-hydrogen) atoms. The van der Waals surface area contributed by atoms with Gasteiger partial charge in [0.1, 0.15) is 0 Å². The molecule has 1 fully saturated rings. The molecule has 0 saturated carbocycles. The number of thiazole rings is 1. The molecule has 0 atom stereocenters. The van der Waals surface area contributed by atoms with E-state index in [-0.39, 0.29) is 5.91 Å². The molecular formula is C22H25N3OS. The molecule has 140 valence electrons. The third kappa shape index (κ3) is 3.32. The Hall–Kier alpha value is -2.40. The Morgan fingerprint density at radius 1 is 0.926 bits per heavy atom. The van der Waals surface area contributed by atoms with Crippen molar-refractivity contribution >= 4 is 32.6 Å². The van der Waals surface area contributed by atoms with Gasteiger partial charge in [-0.15, -0.1) is 0 Å². The van der Waals surface area contributed by atoms with Crippen LogP contribution >= 0.6 is 11.3 Å². The molecule has 1 saturated heterocycles. The van der Waals surface area contributed by atoms with Crippen molar-refractivity contribution in [2.45, 2.75) is 27.7 Å². The number of nitrogens with zero attached hydrogens (tertiary/aromatic N) is 3. The highest BCUT2D eigenvalue weighted by atomic mass is 32.1. The number of benzene rings is 2. The second-order valence-corrected chi connectivity index (χ2v) is 8.45. The standard InChI is InChI=1S/C22H25N3OS/c1-14-5-6-15(2)18(13-14)21(26)24-9-11-25(12-10-24)22-23-19-16(3)7-8-17(4)20(19)27-22/h5-8,13H,9-12H2,1-4H3. The van der Waals surface area contributed by atoms with E-state index in [1.165, 1.54) is 15.8 Å². The Morgan fingerprint density at radius 3 is 2.30 bits per heavy atom. The van der Waals surface area contributed by atoms with Gasteiger partial charge in [0.25, 0.3) is 5.91 Å². The maximum Gasteiger partial charge on any atom is 0.254 e. The van der Waals surface area contributed by atoms with Crippen molar-refractivity contribution in [3.8, 4) is 0 Å². The summed E-state index contributed by atoms with van der Waals surface area (Å²) in [5.74, 6) is 0.145. The van der Waals surface area contributed by atoms with Crippen LogP contribution in [0, 0.1) is 27.7 Å². The molecule has 5 heteroatoms. The number of carbonyl (C=O) groups is 1. The summed E-state index contributed by atoms with van der Waals surface area (Å²) in [5.41, 5.74) is 6.62. The molecule has 1 aliphatic rings. The smallest absolute Gasteiger partial charge is 0.254 e. The van der Waals surface area contributed by atoms with Crippen LogP contribution in [0.1, 0.15) is 32.6 Å². The molecule has 4 rings (SSSR count). The molecule has 2 aromatic carbocycles. The second kappa shape index (κ2) is 6.97. The van der Waals surface area contributed by atoms with Gasteiger partial charge in [0, 0.05) is 31.7 Å². The summed E-state index contributed by atoms with van der Waals surface area (Å²) in [5, 5.41) is 1.07. The van der Waals surface area contributed by atoms with Crippen LogP contribution in [0.5, 0.6) is 0 Å². The van der Waals surface area contributed by atoms with Crippen LogP contribution in [0.25, 0.3) is 10.2 Å². The van der Waals surface area contributed by atoms with Crippen molar-refractivity contribution < 1.29 is 4.79 Å². The first kappa shape index (κ1) is 18.0. The Bertz CT molecular complexity index is 977. The number of fused-ring (bicyclic) bond motifs is 1. The number of aryl methyl sites for hydroxylation is 4. The minimum Gasteiger partial charge on any atom is -0.345 e. The lowest BCUT2D eigenvalue weighted by atomic mass is 10.0. The highest BCUT2D eigenvalue weighted by Crippen LogP contribution is 2.33. The first-order valence-corrected chi connectivity index (χ1v) is 10.2. The van der Waals surface area contributed by atoms with Gasteiger partial charge in [0.15, 0.2) is 5.13 Å². The van der Waals surface area contributed by atoms with Crippen LogP contribution < -0.4 is 4.90 Å². The third-order valence-corrected chi connectivity index (χ3v) is 6.64. The Morgan fingerprint density at radius 2 is 1.59 bits per heavy atom. The molecule has 0 bridgehead atoms. The fraction of sp³-hybridized carbons (Fsp3) is 0.364. The average molecular weight is 380 g/mol. The SMILES string of the molecule is Cc1ccc(C)c(C(=O)N2CCN(c3nc4c(C)ccc(C)c4s3)CC2)c1. The Balaban J connectivity index is 1.51. The molecular weight excluding hydrogens is 354 g/mol. The summed E-state index contributed by atoms with van der Waals surface area (Å²) in [6.07, 6.45) is 0. The number of hydrogen-bond acceptors (Lipinski definition) is 4. The summed E-state index contributed by atoms with van der Waals surface area (Å²) >= 11 is 1.77. The molecule has 1 aromatic heterocycles. The summed E-state index contributed by atoms with van der Waals surface area (Å²) < 4.78 is 1.28. The average Bonchev–Trinajstić information content (AvgIpc) is 3.13. The molecule has 4 nitrogen and oxygen atoms in total. The number of amides is 1. The Kier molecular flexibility index (Phi) is 4.64. The van der Waals surface area contributed by atoms with E-state index in [1.807, 2.05) is 30.9 Å². The highest BCUT2D eigenvalue weighted by Gasteiger charge is 2.25. The fourth-order valence-corrected chi connectivity index (χ4v) is 4.78. The predicted molar refractivity (Wildman–Crippen MR) is 113 cm³/mol. The number of aromatic nitrogens is 1. The van der Waals surface area contributed by atoms with Crippen LogP contribution in [0.4, 0.5) is 5.13 Å². The zero-order valence-electron chi connectivity index (χ0n) is 16.4. The number of piperazine rings is 1. The van der Waals surface area contributed by atoms with E-state index in [9.17, 15) is 4.79 Å². The first-order valence-electron chi connectivity index (χ1n) is 9.42. The number of rotatable bonds is 2. The fourth-order valence-electron chi connectivity index (χ4n) is 3.62. The minimum absolute atomic E-state index is 0.145. The van der Waals surface area contributed by atoms with Crippen LogP contribution in [0.3, 0.4) is 0 Å². The lowest BCUT2D eigenvalue weighted by molar-refractivity contribution is 0.0746. The molecule has 1 aliphatic heterocycles. The molecule has 0 unspecified atom stereocenters. The van der Waals surface area contributed by atoms with E-state index in [1.54, 1.807) is 11.3 Å². The van der Waals surface area contributed by atoms with E-state index in [0.29, 0.717) is 0 Å². The van der Waals surface area contributed by atoms with Crippen molar-refractivity contribution in [2.24, 2.45) is 0 Å².